The smallest absolute Gasteiger partial charge is 0.400 e. The molecule has 0 spiro atoms. The van der Waals surface area contributed by atoms with Gasteiger partial charge in [-0.15, -0.1) is 5.10 Å². The number of hydrogen-bond donors (Lipinski definition) is 1. The van der Waals surface area contributed by atoms with Crippen LogP contribution in [0.1, 0.15) is 64.3 Å². The number of halogens is 2. The van der Waals surface area contributed by atoms with Crippen molar-refractivity contribution in [2.24, 2.45) is 5.92 Å². The maximum Gasteiger partial charge on any atom is 0.400 e. The zero-order valence-corrected chi connectivity index (χ0v) is 17.5. The molecule has 0 aliphatic carbocycles. The summed E-state index contributed by atoms with van der Waals surface area (Å²) < 4.78 is 35.7. The van der Waals surface area contributed by atoms with Crippen molar-refractivity contribution in [3.8, 4) is 5.75 Å². The molecule has 158 valence electrons. The highest BCUT2D eigenvalue weighted by Gasteiger charge is 2.39. The molecule has 0 radical (unpaired) electrons. The van der Waals surface area contributed by atoms with Crippen molar-refractivity contribution >= 4 is 22.5 Å². The first-order valence-corrected chi connectivity index (χ1v) is 10.3. The van der Waals surface area contributed by atoms with Crippen molar-refractivity contribution in [3.05, 3.63) is 23.5 Å². The second-order valence-electron chi connectivity index (χ2n) is 7.63. The van der Waals surface area contributed by atoms with Crippen LogP contribution >= 0.6 is 0 Å². The van der Waals surface area contributed by atoms with E-state index in [1.807, 2.05) is 0 Å². The third-order valence-electron chi connectivity index (χ3n) is 5.34. The molecule has 6 nitrogen and oxygen atoms in total. The molecular formula is C21H29F2N5O. The number of rotatable bonds is 9. The van der Waals surface area contributed by atoms with E-state index < -0.39 is 12.0 Å². The number of nitrogen functional groups attached to an aromatic ring is 1. The Morgan fingerprint density at radius 1 is 1.17 bits per heavy atom. The van der Waals surface area contributed by atoms with E-state index in [-0.39, 0.29) is 17.2 Å². The van der Waals surface area contributed by atoms with E-state index in [2.05, 4.69) is 22.0 Å². The average Bonchev–Trinajstić information content (AvgIpc) is 3.12. The lowest BCUT2D eigenvalue weighted by Gasteiger charge is -2.24. The Kier molecular flexibility index (Phi) is 6.19. The number of hydrogen-bond acceptors (Lipinski definition) is 5. The average molecular weight is 405 g/mol. The minimum atomic E-state index is -3.31. The first-order valence-electron chi connectivity index (χ1n) is 10.3. The molecule has 2 heterocycles. The highest BCUT2D eigenvalue weighted by molar-refractivity contribution is 5.96. The number of anilines is 1. The fourth-order valence-corrected chi connectivity index (χ4v) is 3.23. The Labute approximate surface area is 169 Å². The first-order chi connectivity index (χ1) is 13.8. The summed E-state index contributed by atoms with van der Waals surface area (Å²) in [5, 5.41) is 5.05. The topological polar surface area (TPSA) is 78.3 Å². The van der Waals surface area contributed by atoms with Crippen LogP contribution in [0.15, 0.2) is 12.1 Å². The fraction of sp³-hybridized carbons (Fsp3) is 0.571. The van der Waals surface area contributed by atoms with E-state index in [0.717, 1.165) is 25.7 Å². The van der Waals surface area contributed by atoms with Crippen LogP contribution in [0.4, 0.5) is 14.7 Å². The minimum Gasteiger partial charge on any atom is -0.430 e. The number of aryl methyl sites for hydroxylation is 2. The summed E-state index contributed by atoms with van der Waals surface area (Å²) in [7, 11) is 0. The van der Waals surface area contributed by atoms with Gasteiger partial charge >= 0.3 is 6.11 Å². The number of benzene rings is 1. The minimum absolute atomic E-state index is 0.0366. The Morgan fingerprint density at radius 3 is 2.62 bits per heavy atom. The molecule has 0 saturated carbocycles. The molecule has 2 aromatic heterocycles. The van der Waals surface area contributed by atoms with Crippen LogP contribution in [0.3, 0.4) is 0 Å². The van der Waals surface area contributed by atoms with Crippen molar-refractivity contribution in [2.75, 3.05) is 5.73 Å². The van der Waals surface area contributed by atoms with Crippen LogP contribution in [0, 0.1) is 12.8 Å². The molecule has 2 N–H and O–H groups in total. The predicted octanol–water partition coefficient (Wildman–Crippen LogP) is 5.31. The monoisotopic (exact) mass is 405 g/mol. The number of alkyl halides is 2. The summed E-state index contributed by atoms with van der Waals surface area (Å²) in [5.74, 6) is -0.118. The summed E-state index contributed by atoms with van der Waals surface area (Å²) in [5.41, 5.74) is 7.44. The molecule has 3 aromatic rings. The van der Waals surface area contributed by atoms with Gasteiger partial charge in [-0.05, 0) is 31.4 Å². The predicted molar refractivity (Wildman–Crippen MR) is 110 cm³/mol. The number of nitrogens with zero attached hydrogens (tertiary/aromatic N) is 4. The molecule has 1 atom stereocenters. The lowest BCUT2D eigenvalue weighted by atomic mass is 10.1. The Balaban J connectivity index is 2.06. The van der Waals surface area contributed by atoms with Crippen molar-refractivity contribution in [1.82, 2.24) is 19.6 Å². The largest absolute Gasteiger partial charge is 0.430 e. The maximum absolute atomic E-state index is 14.5. The van der Waals surface area contributed by atoms with Gasteiger partial charge in [0.2, 0.25) is 5.95 Å². The molecule has 8 heteroatoms. The maximum atomic E-state index is 14.5. The van der Waals surface area contributed by atoms with E-state index in [1.165, 1.54) is 17.9 Å². The van der Waals surface area contributed by atoms with Gasteiger partial charge in [0.1, 0.15) is 5.52 Å². The highest BCUT2D eigenvalue weighted by Crippen LogP contribution is 2.37. The van der Waals surface area contributed by atoms with E-state index in [4.69, 9.17) is 10.5 Å². The molecule has 29 heavy (non-hydrogen) atoms. The molecular weight excluding hydrogens is 376 g/mol. The summed E-state index contributed by atoms with van der Waals surface area (Å²) in [6.45, 7) is 7.04. The number of ether oxygens (including phenoxy) is 1. The van der Waals surface area contributed by atoms with Crippen LogP contribution < -0.4 is 10.5 Å². The van der Waals surface area contributed by atoms with Gasteiger partial charge in [-0.1, -0.05) is 46.1 Å². The zero-order chi connectivity index (χ0) is 21.2. The van der Waals surface area contributed by atoms with Gasteiger partial charge in [-0.25, -0.2) is 9.97 Å². The third-order valence-corrected chi connectivity index (χ3v) is 5.34. The van der Waals surface area contributed by atoms with Gasteiger partial charge in [-0.3, -0.25) is 0 Å². The third kappa shape index (κ3) is 4.26. The van der Waals surface area contributed by atoms with E-state index >= 15 is 0 Å². The van der Waals surface area contributed by atoms with Crippen LogP contribution in [0.25, 0.3) is 16.6 Å². The van der Waals surface area contributed by atoms with Gasteiger partial charge in [0, 0.05) is 11.8 Å². The summed E-state index contributed by atoms with van der Waals surface area (Å²) >= 11 is 0. The standard InChI is InChI=1S/C21H29F2N5O/c1-5-7-8-9-10-16-25-19-15-12-11-13(3)18(29-21(22,23)14(4)6-2)17(15)26-20(24)28(19)27-16/h11-12,14H,5-10H2,1-4H3,(H2,24,26). The van der Waals surface area contributed by atoms with E-state index in [9.17, 15) is 8.78 Å². The Bertz CT molecular complexity index is 1000. The number of aromatic nitrogens is 4. The molecule has 1 aromatic carbocycles. The fourth-order valence-electron chi connectivity index (χ4n) is 3.23. The molecule has 1 unspecified atom stereocenters. The van der Waals surface area contributed by atoms with Crippen molar-refractivity contribution in [2.45, 2.75) is 72.3 Å². The summed E-state index contributed by atoms with van der Waals surface area (Å²) in [6.07, 6.45) is 2.15. The molecule has 3 rings (SSSR count). The summed E-state index contributed by atoms with van der Waals surface area (Å²) in [4.78, 5) is 8.94. The Hall–Kier alpha value is -2.51. The van der Waals surface area contributed by atoms with E-state index in [0.29, 0.717) is 28.8 Å². The second kappa shape index (κ2) is 8.47. The van der Waals surface area contributed by atoms with Crippen LogP contribution in [-0.4, -0.2) is 25.7 Å². The van der Waals surface area contributed by atoms with Gasteiger partial charge in [0.15, 0.2) is 17.2 Å². The van der Waals surface area contributed by atoms with Crippen LogP contribution in [0.2, 0.25) is 0 Å². The normalized spacial score (nSPS) is 13.3. The molecule has 0 aliphatic heterocycles. The summed E-state index contributed by atoms with van der Waals surface area (Å²) in [6, 6.07) is 3.54. The Morgan fingerprint density at radius 2 is 1.93 bits per heavy atom. The quantitative estimate of drug-likeness (QED) is 0.488. The lowest BCUT2D eigenvalue weighted by molar-refractivity contribution is -0.211. The van der Waals surface area contributed by atoms with E-state index in [1.54, 1.807) is 26.0 Å². The number of nitrogens with two attached hydrogens (primary N) is 1. The van der Waals surface area contributed by atoms with Gasteiger partial charge in [0.05, 0.1) is 5.92 Å². The van der Waals surface area contributed by atoms with Crippen LogP contribution in [0.5, 0.6) is 5.75 Å². The van der Waals surface area contributed by atoms with Crippen molar-refractivity contribution in [1.29, 1.82) is 0 Å². The van der Waals surface area contributed by atoms with Crippen molar-refractivity contribution in [3.63, 3.8) is 0 Å². The van der Waals surface area contributed by atoms with Gasteiger partial charge in [-0.2, -0.15) is 13.3 Å². The second-order valence-corrected chi connectivity index (χ2v) is 7.63. The molecule has 0 aliphatic rings. The van der Waals surface area contributed by atoms with Gasteiger partial charge < -0.3 is 10.5 Å². The van der Waals surface area contributed by atoms with Crippen molar-refractivity contribution < 1.29 is 13.5 Å². The zero-order valence-electron chi connectivity index (χ0n) is 17.5. The molecule has 0 saturated heterocycles. The molecule has 0 bridgehead atoms. The first kappa shape index (κ1) is 21.2. The highest BCUT2D eigenvalue weighted by atomic mass is 19.3. The SMILES string of the molecule is CCCCCCc1nc2c3ccc(C)c(OC(F)(F)C(C)CC)c3nc(N)n2n1. The number of unbranched alkanes of at least 4 members (excludes halogenated alkanes) is 3. The molecule has 0 amide bonds. The van der Waals surface area contributed by atoms with Gasteiger partial charge in [0.25, 0.3) is 0 Å². The van der Waals surface area contributed by atoms with Crippen LogP contribution in [-0.2, 0) is 6.42 Å². The molecule has 0 fully saturated rings. The lowest BCUT2D eigenvalue weighted by Crippen LogP contribution is -2.33. The number of fused-ring (bicyclic) bond motifs is 3.